The first-order valence-electron chi connectivity index (χ1n) is 6.41. The van der Waals surface area contributed by atoms with Crippen LogP contribution >= 0.6 is 0 Å². The lowest BCUT2D eigenvalue weighted by atomic mass is 9.94. The van der Waals surface area contributed by atoms with Crippen molar-refractivity contribution in [1.82, 2.24) is 10.9 Å². The van der Waals surface area contributed by atoms with Crippen LogP contribution in [0.15, 0.2) is 29.8 Å². The van der Waals surface area contributed by atoms with Gasteiger partial charge in [0, 0.05) is 5.57 Å². The Balaban J connectivity index is 2.24. The van der Waals surface area contributed by atoms with Gasteiger partial charge in [0.2, 0.25) is 0 Å². The molecule has 1 heterocycles. The normalized spacial score (nSPS) is 20.2. The maximum absolute atomic E-state index is 11.7. The fraction of sp³-hybridized carbons (Fsp3) is 0.400. The molecule has 1 fully saturated rings. The Morgan fingerprint density at radius 3 is 2.39 bits per heavy atom. The third-order valence-corrected chi connectivity index (χ3v) is 3.24. The van der Waals surface area contributed by atoms with E-state index in [9.17, 15) is 4.79 Å². The number of carbonyl (C=O) groups excluding carboxylic acids is 1. The van der Waals surface area contributed by atoms with E-state index in [0.29, 0.717) is 0 Å². The minimum Gasteiger partial charge on any atom is -0.287 e. The molecule has 18 heavy (non-hydrogen) atoms. The molecule has 1 saturated heterocycles. The first-order valence-corrected chi connectivity index (χ1v) is 6.41. The first kappa shape index (κ1) is 12.8. The molecule has 2 N–H and O–H groups in total. The summed E-state index contributed by atoms with van der Waals surface area (Å²) in [5.41, 5.74) is 8.49. The number of hydrazine groups is 1. The van der Waals surface area contributed by atoms with Gasteiger partial charge in [-0.1, -0.05) is 37.6 Å². The molecule has 1 amide bonds. The van der Waals surface area contributed by atoms with Gasteiger partial charge in [-0.05, 0) is 37.5 Å². The Labute approximate surface area is 108 Å². The van der Waals surface area contributed by atoms with Gasteiger partial charge >= 0.3 is 0 Å². The molecule has 0 unspecified atom stereocenters. The Bertz CT molecular complexity index is 472. The summed E-state index contributed by atoms with van der Waals surface area (Å²) in [5, 5.41) is 0. The van der Waals surface area contributed by atoms with Crippen LogP contribution in [0.4, 0.5) is 0 Å². The second-order valence-electron chi connectivity index (χ2n) is 5.25. The summed E-state index contributed by atoms with van der Waals surface area (Å²) in [5.74, 6) is -0.0439. The van der Waals surface area contributed by atoms with Crippen molar-refractivity contribution in [2.24, 2.45) is 0 Å². The minimum atomic E-state index is -0.320. The van der Waals surface area contributed by atoms with Gasteiger partial charge in [-0.3, -0.25) is 10.2 Å². The predicted octanol–water partition coefficient (Wildman–Crippen LogP) is 2.44. The Hall–Kier alpha value is -1.61. The molecule has 3 heteroatoms. The SMILES string of the molecule is CCCc1ccc(/C=C2\C(=O)NNC2(C)C)cc1. The Morgan fingerprint density at radius 2 is 1.89 bits per heavy atom. The van der Waals surface area contributed by atoms with Gasteiger partial charge in [0.1, 0.15) is 0 Å². The number of rotatable bonds is 3. The third-order valence-electron chi connectivity index (χ3n) is 3.24. The van der Waals surface area contributed by atoms with Crippen LogP contribution in [0.5, 0.6) is 0 Å². The second-order valence-corrected chi connectivity index (χ2v) is 5.25. The third kappa shape index (κ3) is 2.62. The standard InChI is InChI=1S/C15H20N2O/c1-4-5-11-6-8-12(9-7-11)10-13-14(18)16-17-15(13,2)3/h6-10,17H,4-5H2,1-3H3,(H,16,18)/b13-10+. The second kappa shape index (κ2) is 4.94. The number of aryl methyl sites for hydroxylation is 1. The van der Waals surface area contributed by atoms with E-state index in [-0.39, 0.29) is 11.4 Å². The molecule has 1 aliphatic heterocycles. The van der Waals surface area contributed by atoms with E-state index in [1.54, 1.807) is 0 Å². The zero-order valence-electron chi connectivity index (χ0n) is 11.2. The lowest BCUT2D eigenvalue weighted by molar-refractivity contribution is -0.116. The number of benzene rings is 1. The van der Waals surface area contributed by atoms with Crippen molar-refractivity contribution < 1.29 is 4.79 Å². The van der Waals surface area contributed by atoms with E-state index >= 15 is 0 Å². The maximum atomic E-state index is 11.7. The molecule has 2 rings (SSSR count). The van der Waals surface area contributed by atoms with Crippen LogP contribution in [0.25, 0.3) is 6.08 Å². The highest BCUT2D eigenvalue weighted by Gasteiger charge is 2.34. The van der Waals surface area contributed by atoms with Gasteiger partial charge < -0.3 is 0 Å². The van der Waals surface area contributed by atoms with Crippen molar-refractivity contribution in [1.29, 1.82) is 0 Å². The molecule has 0 spiro atoms. The van der Waals surface area contributed by atoms with Gasteiger partial charge in [-0.2, -0.15) is 0 Å². The molecule has 0 bridgehead atoms. The van der Waals surface area contributed by atoms with Gasteiger partial charge in [-0.25, -0.2) is 5.43 Å². The lowest BCUT2D eigenvalue weighted by Gasteiger charge is -2.16. The molecule has 0 aromatic heterocycles. The highest BCUT2D eigenvalue weighted by atomic mass is 16.2. The van der Waals surface area contributed by atoms with Crippen LogP contribution in [0.1, 0.15) is 38.3 Å². The Kier molecular flexibility index (Phi) is 3.53. The largest absolute Gasteiger partial charge is 0.287 e. The van der Waals surface area contributed by atoms with E-state index in [1.165, 1.54) is 5.56 Å². The van der Waals surface area contributed by atoms with Crippen LogP contribution in [-0.4, -0.2) is 11.4 Å². The average Bonchev–Trinajstić information content (AvgIpc) is 2.59. The van der Waals surface area contributed by atoms with Crippen LogP contribution in [0.3, 0.4) is 0 Å². The number of hydrogen-bond donors (Lipinski definition) is 2. The minimum absolute atomic E-state index is 0.0439. The van der Waals surface area contributed by atoms with Crippen molar-refractivity contribution >= 4 is 12.0 Å². The number of amides is 1. The summed E-state index contributed by atoms with van der Waals surface area (Å²) in [4.78, 5) is 11.7. The zero-order valence-corrected chi connectivity index (χ0v) is 11.2. The molecule has 1 aliphatic rings. The maximum Gasteiger partial charge on any atom is 0.263 e. The van der Waals surface area contributed by atoms with E-state index in [0.717, 1.165) is 24.0 Å². The lowest BCUT2D eigenvalue weighted by Crippen LogP contribution is -2.38. The van der Waals surface area contributed by atoms with E-state index in [2.05, 4.69) is 42.0 Å². The summed E-state index contributed by atoms with van der Waals surface area (Å²) in [7, 11) is 0. The molecule has 0 saturated carbocycles. The number of hydrogen-bond acceptors (Lipinski definition) is 2. The molecule has 1 aromatic carbocycles. The van der Waals surface area contributed by atoms with Crippen LogP contribution < -0.4 is 10.9 Å². The monoisotopic (exact) mass is 244 g/mol. The highest BCUT2D eigenvalue weighted by Crippen LogP contribution is 2.23. The summed E-state index contributed by atoms with van der Waals surface area (Å²) in [6, 6.07) is 8.39. The van der Waals surface area contributed by atoms with Crippen molar-refractivity contribution in [2.45, 2.75) is 39.2 Å². The fourth-order valence-electron chi connectivity index (χ4n) is 2.11. The fourth-order valence-corrected chi connectivity index (χ4v) is 2.11. The molecule has 0 atom stereocenters. The van der Waals surface area contributed by atoms with Crippen molar-refractivity contribution in [2.75, 3.05) is 0 Å². The van der Waals surface area contributed by atoms with Gasteiger partial charge in [0.25, 0.3) is 5.91 Å². The molecule has 0 radical (unpaired) electrons. The topological polar surface area (TPSA) is 41.1 Å². The van der Waals surface area contributed by atoms with Crippen molar-refractivity contribution in [3.05, 3.63) is 41.0 Å². The van der Waals surface area contributed by atoms with Gasteiger partial charge in [-0.15, -0.1) is 0 Å². The van der Waals surface area contributed by atoms with Crippen molar-refractivity contribution in [3.63, 3.8) is 0 Å². The summed E-state index contributed by atoms with van der Waals surface area (Å²) in [6.07, 6.45) is 4.20. The number of nitrogens with one attached hydrogen (secondary N) is 2. The van der Waals surface area contributed by atoms with E-state index in [1.807, 2.05) is 19.9 Å². The van der Waals surface area contributed by atoms with Crippen LogP contribution in [-0.2, 0) is 11.2 Å². The smallest absolute Gasteiger partial charge is 0.263 e. The zero-order chi connectivity index (χ0) is 13.2. The predicted molar refractivity (Wildman–Crippen MR) is 73.8 cm³/mol. The van der Waals surface area contributed by atoms with E-state index in [4.69, 9.17) is 0 Å². The van der Waals surface area contributed by atoms with Gasteiger partial charge in [0.05, 0.1) is 5.54 Å². The molecular formula is C15H20N2O. The molecule has 3 nitrogen and oxygen atoms in total. The van der Waals surface area contributed by atoms with E-state index < -0.39 is 0 Å². The highest BCUT2D eigenvalue weighted by molar-refractivity contribution is 6.01. The van der Waals surface area contributed by atoms with Crippen molar-refractivity contribution in [3.8, 4) is 0 Å². The summed E-state index contributed by atoms with van der Waals surface area (Å²) in [6.45, 7) is 6.15. The number of carbonyl (C=O) groups is 1. The van der Waals surface area contributed by atoms with Crippen LogP contribution in [0.2, 0.25) is 0 Å². The molecular weight excluding hydrogens is 224 g/mol. The first-order chi connectivity index (χ1) is 8.53. The summed E-state index contributed by atoms with van der Waals surface area (Å²) < 4.78 is 0. The molecule has 0 aliphatic carbocycles. The average molecular weight is 244 g/mol. The molecule has 1 aromatic rings. The quantitative estimate of drug-likeness (QED) is 0.802. The molecule has 96 valence electrons. The van der Waals surface area contributed by atoms with Gasteiger partial charge in [0.15, 0.2) is 0 Å². The summed E-state index contributed by atoms with van der Waals surface area (Å²) >= 11 is 0. The van der Waals surface area contributed by atoms with Crippen LogP contribution in [0, 0.1) is 0 Å². The Morgan fingerprint density at radius 1 is 1.22 bits per heavy atom.